The number of para-hydroxylation sites is 2. The van der Waals surface area contributed by atoms with Crippen molar-refractivity contribution < 1.29 is 23.1 Å². The highest BCUT2D eigenvalue weighted by molar-refractivity contribution is 7.99. The maximum atomic E-state index is 12.7. The minimum Gasteiger partial charge on any atom is -0.450 e. The molecule has 0 unspecified atom stereocenters. The Labute approximate surface area is 197 Å². The van der Waals surface area contributed by atoms with Crippen molar-refractivity contribution >= 4 is 29.3 Å². The average molecular weight is 480 g/mol. The van der Waals surface area contributed by atoms with E-state index in [4.69, 9.17) is 4.74 Å². The van der Waals surface area contributed by atoms with Gasteiger partial charge in [0.15, 0.2) is 12.4 Å². The van der Waals surface area contributed by atoms with E-state index in [-0.39, 0.29) is 16.4 Å². The summed E-state index contributed by atoms with van der Waals surface area (Å²) in [5.41, 5.74) is 1.63. The van der Waals surface area contributed by atoms with Crippen LogP contribution in [-0.2, 0) is 9.53 Å². The van der Waals surface area contributed by atoms with E-state index in [1.807, 2.05) is 60.7 Å². The van der Waals surface area contributed by atoms with Crippen LogP contribution in [0, 0.1) is 0 Å². The maximum Gasteiger partial charge on any atom is 0.378 e. The number of hydrogen-bond donors (Lipinski definition) is 1. The fraction of sp³-hybridized carbons (Fsp3) is 0.0833. The molecule has 7 nitrogen and oxygen atoms in total. The minimum atomic E-state index is -2.64. The van der Waals surface area contributed by atoms with Gasteiger partial charge in [-0.05, 0) is 24.3 Å². The molecule has 0 aliphatic heterocycles. The highest BCUT2D eigenvalue weighted by atomic mass is 32.2. The van der Waals surface area contributed by atoms with Gasteiger partial charge in [-0.2, -0.15) is 8.78 Å². The van der Waals surface area contributed by atoms with E-state index in [1.54, 1.807) is 12.1 Å². The Balaban J connectivity index is 1.49. The first kappa shape index (κ1) is 23.1. The molecule has 4 rings (SSSR count). The van der Waals surface area contributed by atoms with Gasteiger partial charge < -0.3 is 10.1 Å². The maximum absolute atomic E-state index is 12.7. The molecule has 0 saturated heterocycles. The van der Waals surface area contributed by atoms with Crippen molar-refractivity contribution in [2.24, 2.45) is 0 Å². The van der Waals surface area contributed by atoms with Gasteiger partial charge in [0.1, 0.15) is 0 Å². The van der Waals surface area contributed by atoms with Gasteiger partial charge in [0.05, 0.1) is 11.4 Å². The second-order valence-electron chi connectivity index (χ2n) is 6.87. The third kappa shape index (κ3) is 5.65. The van der Waals surface area contributed by atoms with Crippen molar-refractivity contribution in [1.29, 1.82) is 0 Å². The number of esters is 1. The topological polar surface area (TPSA) is 86.1 Å². The quantitative estimate of drug-likeness (QED) is 0.281. The van der Waals surface area contributed by atoms with E-state index >= 15 is 0 Å². The zero-order valence-corrected chi connectivity index (χ0v) is 18.4. The SMILES string of the molecule is O=C(COC(=O)c1nc(-c2ccccc2)n(-c2ccccc2)n1)Nc1ccccc1SC(F)F. The Morgan fingerprint density at radius 1 is 0.941 bits per heavy atom. The van der Waals surface area contributed by atoms with E-state index < -0.39 is 24.2 Å². The van der Waals surface area contributed by atoms with Crippen LogP contribution < -0.4 is 5.32 Å². The lowest BCUT2D eigenvalue weighted by Crippen LogP contribution is -2.21. The van der Waals surface area contributed by atoms with Crippen molar-refractivity contribution in [1.82, 2.24) is 14.8 Å². The number of benzene rings is 3. The lowest BCUT2D eigenvalue weighted by atomic mass is 10.2. The van der Waals surface area contributed by atoms with E-state index in [2.05, 4.69) is 15.4 Å². The number of ether oxygens (including phenoxy) is 1. The highest BCUT2D eigenvalue weighted by Gasteiger charge is 2.21. The smallest absolute Gasteiger partial charge is 0.378 e. The first-order valence-electron chi connectivity index (χ1n) is 10.1. The van der Waals surface area contributed by atoms with Crippen LogP contribution in [0.3, 0.4) is 0 Å². The molecule has 1 amide bonds. The molecule has 34 heavy (non-hydrogen) atoms. The first-order valence-corrected chi connectivity index (χ1v) is 11.0. The molecule has 1 heterocycles. The number of rotatable bonds is 8. The van der Waals surface area contributed by atoms with E-state index in [0.717, 1.165) is 5.56 Å². The number of amides is 1. The molecule has 0 fully saturated rings. The summed E-state index contributed by atoms with van der Waals surface area (Å²) in [6, 6.07) is 24.5. The second-order valence-corrected chi connectivity index (χ2v) is 7.90. The molecule has 10 heteroatoms. The number of nitrogens with one attached hydrogen (secondary N) is 1. The average Bonchev–Trinajstić information content (AvgIpc) is 3.30. The monoisotopic (exact) mass is 480 g/mol. The van der Waals surface area contributed by atoms with E-state index in [0.29, 0.717) is 23.3 Å². The molecule has 0 aliphatic rings. The van der Waals surface area contributed by atoms with Crippen molar-refractivity contribution in [3.05, 3.63) is 90.8 Å². The number of alkyl halides is 2. The number of carbonyl (C=O) groups is 2. The number of thioether (sulfide) groups is 1. The lowest BCUT2D eigenvalue weighted by Gasteiger charge is -2.10. The third-order valence-corrected chi connectivity index (χ3v) is 5.32. The minimum absolute atomic E-state index is 0.201. The molecule has 1 N–H and O–H groups in total. The van der Waals surface area contributed by atoms with Crippen molar-refractivity contribution in [2.75, 3.05) is 11.9 Å². The van der Waals surface area contributed by atoms with E-state index in [9.17, 15) is 18.4 Å². The lowest BCUT2D eigenvalue weighted by molar-refractivity contribution is -0.119. The summed E-state index contributed by atoms with van der Waals surface area (Å²) in [5, 5.41) is 6.75. The number of aromatic nitrogens is 3. The van der Waals surface area contributed by atoms with Crippen LogP contribution in [0.4, 0.5) is 14.5 Å². The zero-order chi connectivity index (χ0) is 23.9. The molecule has 0 saturated carbocycles. The summed E-state index contributed by atoms with van der Waals surface area (Å²) in [6.07, 6.45) is 0. The van der Waals surface area contributed by atoms with Crippen LogP contribution in [0.2, 0.25) is 0 Å². The Hall–Kier alpha value is -4.05. The number of halogens is 2. The van der Waals surface area contributed by atoms with Crippen LogP contribution in [0.1, 0.15) is 10.6 Å². The van der Waals surface area contributed by atoms with Gasteiger partial charge in [0.2, 0.25) is 0 Å². The third-order valence-electron chi connectivity index (χ3n) is 4.53. The van der Waals surface area contributed by atoms with Gasteiger partial charge in [0.25, 0.3) is 17.5 Å². The Kier molecular flexibility index (Phi) is 7.28. The summed E-state index contributed by atoms with van der Waals surface area (Å²) in [4.78, 5) is 29.4. The van der Waals surface area contributed by atoms with Crippen LogP contribution in [-0.4, -0.2) is 39.0 Å². The molecule has 172 valence electrons. The number of hydrogen-bond acceptors (Lipinski definition) is 6. The highest BCUT2D eigenvalue weighted by Crippen LogP contribution is 2.31. The van der Waals surface area contributed by atoms with Gasteiger partial charge in [-0.25, -0.2) is 14.5 Å². The van der Waals surface area contributed by atoms with Crippen LogP contribution in [0.5, 0.6) is 0 Å². The largest absolute Gasteiger partial charge is 0.450 e. The van der Waals surface area contributed by atoms with Gasteiger partial charge in [0, 0.05) is 10.5 Å². The van der Waals surface area contributed by atoms with Crippen molar-refractivity contribution in [3.8, 4) is 17.1 Å². The molecule has 0 spiro atoms. The predicted octanol–water partition coefficient (Wildman–Crippen LogP) is 5.04. The molecule has 1 aromatic heterocycles. The van der Waals surface area contributed by atoms with Gasteiger partial charge in [-0.3, -0.25) is 4.79 Å². The molecule has 0 aliphatic carbocycles. The fourth-order valence-corrected chi connectivity index (χ4v) is 3.67. The van der Waals surface area contributed by atoms with Gasteiger partial charge >= 0.3 is 5.97 Å². The summed E-state index contributed by atoms with van der Waals surface area (Å²) in [7, 11) is 0. The fourth-order valence-electron chi connectivity index (χ4n) is 3.07. The first-order chi connectivity index (χ1) is 16.5. The predicted molar refractivity (Wildman–Crippen MR) is 124 cm³/mol. The van der Waals surface area contributed by atoms with Crippen LogP contribution in [0.15, 0.2) is 89.8 Å². The number of carbonyl (C=O) groups excluding carboxylic acids is 2. The molecular weight excluding hydrogens is 462 g/mol. The normalized spacial score (nSPS) is 10.8. The molecule has 0 radical (unpaired) electrons. The van der Waals surface area contributed by atoms with E-state index in [1.165, 1.54) is 16.8 Å². The summed E-state index contributed by atoms with van der Waals surface area (Å²) >= 11 is 0.310. The summed E-state index contributed by atoms with van der Waals surface area (Å²) in [6.45, 7) is -0.632. The molecule has 4 aromatic rings. The zero-order valence-electron chi connectivity index (χ0n) is 17.6. The van der Waals surface area contributed by atoms with Crippen LogP contribution >= 0.6 is 11.8 Å². The Morgan fingerprint density at radius 2 is 1.59 bits per heavy atom. The van der Waals surface area contributed by atoms with Crippen molar-refractivity contribution in [2.45, 2.75) is 10.7 Å². The van der Waals surface area contributed by atoms with Gasteiger partial charge in [-0.1, -0.05) is 72.4 Å². The van der Waals surface area contributed by atoms with Crippen LogP contribution in [0.25, 0.3) is 17.1 Å². The van der Waals surface area contributed by atoms with Gasteiger partial charge in [-0.15, -0.1) is 5.10 Å². The summed E-state index contributed by atoms with van der Waals surface area (Å²) < 4.78 is 32.0. The van der Waals surface area contributed by atoms with Crippen molar-refractivity contribution in [3.63, 3.8) is 0 Å². The molecular formula is C24H18F2N4O3S. The molecule has 0 bridgehead atoms. The summed E-state index contributed by atoms with van der Waals surface area (Å²) in [5.74, 6) is -4.00. The standard InChI is InChI=1S/C24H18F2N4O3S/c25-24(26)34-19-14-8-7-13-18(19)27-20(31)15-33-23(32)21-28-22(16-9-3-1-4-10-16)30(29-21)17-11-5-2-6-12-17/h1-14,24H,15H2,(H,27,31). The molecule has 0 atom stereocenters. The Bertz CT molecular complexity index is 1230. The molecule has 3 aromatic carbocycles. The number of anilines is 1. The number of nitrogens with zero attached hydrogens (tertiary/aromatic N) is 3. The Morgan fingerprint density at radius 3 is 2.29 bits per heavy atom. The second kappa shape index (κ2) is 10.7.